The van der Waals surface area contributed by atoms with Crippen LogP contribution in [-0.4, -0.2) is 49.9 Å². The lowest BCUT2D eigenvalue weighted by molar-refractivity contribution is -0.151. The van der Waals surface area contributed by atoms with Crippen molar-refractivity contribution in [3.8, 4) is 0 Å². The number of aromatic nitrogens is 3. The molecule has 148 valence electrons. The van der Waals surface area contributed by atoms with Gasteiger partial charge in [-0.15, -0.1) is 5.10 Å². The smallest absolute Gasteiger partial charge is 0.328 e. The molecule has 1 aliphatic heterocycles. The molecule has 2 heterocycles. The summed E-state index contributed by atoms with van der Waals surface area (Å²) < 4.78 is 5.91. The van der Waals surface area contributed by atoms with Crippen LogP contribution in [0.1, 0.15) is 33.1 Å². The molecular weight excluding hydrogens is 366 g/mol. The summed E-state index contributed by atoms with van der Waals surface area (Å²) in [4.78, 5) is 49.8. The van der Waals surface area contributed by atoms with Crippen LogP contribution in [0, 0.1) is 0 Å². The fraction of sp³-hybridized carbons (Fsp3) is 0.444. The van der Waals surface area contributed by atoms with E-state index in [4.69, 9.17) is 4.74 Å². The molecule has 1 aromatic carbocycles. The Hall–Kier alpha value is -3.30. The largest absolute Gasteiger partial charge is 0.441 e. The number of carbonyl (C=O) groups excluding carboxylic acids is 3. The average Bonchev–Trinajstić information content (AvgIpc) is 2.89. The Labute approximate surface area is 160 Å². The van der Waals surface area contributed by atoms with Gasteiger partial charge < -0.3 is 10.1 Å². The maximum absolute atomic E-state index is 12.5. The minimum Gasteiger partial charge on any atom is -0.441 e. The number of nitrogens with one attached hydrogen (secondary N) is 1. The molecule has 0 aliphatic carbocycles. The molecule has 10 heteroatoms. The third-order valence-electron chi connectivity index (χ3n) is 4.64. The molecule has 0 radical (unpaired) electrons. The highest BCUT2D eigenvalue weighted by atomic mass is 16.5. The van der Waals surface area contributed by atoms with E-state index in [1.165, 1.54) is 0 Å². The zero-order valence-electron chi connectivity index (χ0n) is 15.7. The molecule has 10 nitrogen and oxygen atoms in total. The Morgan fingerprint density at radius 3 is 2.75 bits per heavy atom. The highest BCUT2D eigenvalue weighted by Crippen LogP contribution is 2.23. The van der Waals surface area contributed by atoms with E-state index in [1.807, 2.05) is 6.92 Å². The van der Waals surface area contributed by atoms with Crippen LogP contribution in [0.25, 0.3) is 10.9 Å². The Morgan fingerprint density at radius 2 is 2.00 bits per heavy atom. The van der Waals surface area contributed by atoms with Crippen molar-refractivity contribution >= 4 is 28.8 Å². The predicted molar refractivity (Wildman–Crippen MR) is 98.1 cm³/mol. The summed E-state index contributed by atoms with van der Waals surface area (Å²) in [5.41, 5.74) is -1.05. The second-order valence-corrected chi connectivity index (χ2v) is 6.81. The van der Waals surface area contributed by atoms with Crippen LogP contribution in [0.15, 0.2) is 29.1 Å². The molecule has 1 aliphatic rings. The predicted octanol–water partition coefficient (Wildman–Crippen LogP) is 0.793. The minimum atomic E-state index is -1.02. The number of benzene rings is 1. The molecule has 0 unspecified atom stereocenters. The fourth-order valence-corrected chi connectivity index (χ4v) is 3.01. The number of esters is 1. The van der Waals surface area contributed by atoms with Gasteiger partial charge in [-0.2, -0.15) is 4.68 Å². The first-order valence-corrected chi connectivity index (χ1v) is 8.98. The summed E-state index contributed by atoms with van der Waals surface area (Å²) in [7, 11) is 0. The number of rotatable bonds is 7. The number of urea groups is 1. The summed E-state index contributed by atoms with van der Waals surface area (Å²) in [6.45, 7) is 2.62. The second kappa shape index (κ2) is 7.75. The third kappa shape index (κ3) is 3.71. The molecule has 0 bridgehead atoms. The van der Waals surface area contributed by atoms with Gasteiger partial charge in [0.15, 0.2) is 6.73 Å². The maximum atomic E-state index is 12.5. The molecule has 0 saturated carbocycles. The summed E-state index contributed by atoms with van der Waals surface area (Å²) in [5, 5.41) is 10.6. The van der Waals surface area contributed by atoms with E-state index in [-0.39, 0.29) is 0 Å². The Balaban J connectivity index is 1.63. The van der Waals surface area contributed by atoms with E-state index < -0.39 is 42.3 Å². The van der Waals surface area contributed by atoms with Crippen molar-refractivity contribution in [3.63, 3.8) is 0 Å². The molecule has 1 N–H and O–H groups in total. The number of fused-ring (bicyclic) bond motifs is 1. The molecule has 1 aromatic heterocycles. The van der Waals surface area contributed by atoms with Crippen molar-refractivity contribution in [2.45, 2.75) is 45.4 Å². The van der Waals surface area contributed by atoms with Crippen molar-refractivity contribution in [1.82, 2.24) is 25.2 Å². The van der Waals surface area contributed by atoms with Gasteiger partial charge in [-0.3, -0.25) is 19.3 Å². The van der Waals surface area contributed by atoms with Gasteiger partial charge in [0.05, 0.1) is 5.39 Å². The number of ether oxygens (including phenoxy) is 1. The van der Waals surface area contributed by atoms with E-state index in [0.717, 1.165) is 22.4 Å². The lowest BCUT2D eigenvalue weighted by Gasteiger charge is -2.21. The van der Waals surface area contributed by atoms with Crippen molar-refractivity contribution in [2.24, 2.45) is 0 Å². The zero-order chi connectivity index (χ0) is 20.3. The number of unbranched alkanes of at least 4 members (excludes halogenated alkanes) is 1. The molecule has 28 heavy (non-hydrogen) atoms. The number of nitrogens with zero attached hydrogens (tertiary/aromatic N) is 4. The van der Waals surface area contributed by atoms with Gasteiger partial charge in [-0.1, -0.05) is 37.1 Å². The van der Waals surface area contributed by atoms with Crippen LogP contribution in [0.4, 0.5) is 4.79 Å². The standard InChI is InChI=1S/C18H21N5O5/c1-3-4-9-18(2)16(26)22(17(27)19-18)10-14(24)28-11-23-15(25)12-7-5-6-8-13(12)20-21-23/h5-8H,3-4,9-11H2,1-2H3,(H,19,27)/t18-/m1/s1. The number of hydrogen-bond donors (Lipinski definition) is 1. The zero-order valence-corrected chi connectivity index (χ0v) is 15.7. The first-order valence-electron chi connectivity index (χ1n) is 8.98. The maximum Gasteiger partial charge on any atom is 0.328 e. The van der Waals surface area contributed by atoms with E-state index in [9.17, 15) is 19.2 Å². The molecule has 1 atom stereocenters. The fourth-order valence-electron chi connectivity index (χ4n) is 3.01. The van der Waals surface area contributed by atoms with E-state index in [2.05, 4.69) is 15.6 Å². The van der Waals surface area contributed by atoms with Crippen molar-refractivity contribution in [2.75, 3.05) is 6.54 Å². The van der Waals surface area contributed by atoms with Gasteiger partial charge in [0.25, 0.3) is 11.5 Å². The van der Waals surface area contributed by atoms with Crippen LogP contribution in [-0.2, 0) is 21.1 Å². The lowest BCUT2D eigenvalue weighted by Crippen LogP contribution is -2.44. The molecule has 1 saturated heterocycles. The number of imide groups is 1. The normalized spacial score (nSPS) is 19.1. The van der Waals surface area contributed by atoms with Gasteiger partial charge in [0, 0.05) is 0 Å². The van der Waals surface area contributed by atoms with Gasteiger partial charge >= 0.3 is 12.0 Å². The average molecular weight is 387 g/mol. The van der Waals surface area contributed by atoms with Crippen molar-refractivity contribution < 1.29 is 19.1 Å². The highest BCUT2D eigenvalue weighted by molar-refractivity contribution is 6.08. The minimum absolute atomic E-state index is 0.342. The number of carbonyl (C=O) groups is 3. The summed E-state index contributed by atoms with van der Waals surface area (Å²) >= 11 is 0. The van der Waals surface area contributed by atoms with Gasteiger partial charge in [-0.25, -0.2) is 4.79 Å². The number of hydrogen-bond acceptors (Lipinski definition) is 7. The molecule has 1 fully saturated rings. The Morgan fingerprint density at radius 1 is 1.25 bits per heavy atom. The second-order valence-electron chi connectivity index (χ2n) is 6.81. The van der Waals surface area contributed by atoms with Crippen LogP contribution >= 0.6 is 0 Å². The number of amides is 3. The first-order chi connectivity index (χ1) is 13.4. The van der Waals surface area contributed by atoms with Crippen LogP contribution in [0.3, 0.4) is 0 Å². The van der Waals surface area contributed by atoms with Crippen LogP contribution in [0.5, 0.6) is 0 Å². The van der Waals surface area contributed by atoms with Gasteiger partial charge in [0.2, 0.25) is 0 Å². The van der Waals surface area contributed by atoms with E-state index in [0.29, 0.717) is 17.3 Å². The van der Waals surface area contributed by atoms with Crippen molar-refractivity contribution in [1.29, 1.82) is 0 Å². The SMILES string of the molecule is CCCC[C@@]1(C)NC(=O)N(CC(=O)OCn2nnc3ccccc3c2=O)C1=O. The van der Waals surface area contributed by atoms with E-state index >= 15 is 0 Å². The van der Waals surface area contributed by atoms with Crippen LogP contribution in [0.2, 0.25) is 0 Å². The Bertz CT molecular complexity index is 988. The van der Waals surface area contributed by atoms with E-state index in [1.54, 1.807) is 31.2 Å². The monoisotopic (exact) mass is 387 g/mol. The quantitative estimate of drug-likeness (QED) is 0.550. The van der Waals surface area contributed by atoms with Gasteiger partial charge in [-0.05, 0) is 25.5 Å². The third-order valence-corrected chi connectivity index (χ3v) is 4.64. The van der Waals surface area contributed by atoms with Crippen molar-refractivity contribution in [3.05, 3.63) is 34.6 Å². The first kappa shape index (κ1) is 19.5. The molecule has 3 amide bonds. The van der Waals surface area contributed by atoms with Gasteiger partial charge in [0.1, 0.15) is 17.6 Å². The highest BCUT2D eigenvalue weighted by Gasteiger charge is 2.47. The summed E-state index contributed by atoms with van der Waals surface area (Å²) in [5.74, 6) is -1.30. The molecule has 0 spiro atoms. The summed E-state index contributed by atoms with van der Waals surface area (Å²) in [6.07, 6.45) is 2.13. The summed E-state index contributed by atoms with van der Waals surface area (Å²) in [6, 6.07) is 6.02. The lowest BCUT2D eigenvalue weighted by atomic mass is 9.95. The molecule has 2 aromatic rings. The topological polar surface area (TPSA) is 123 Å². The molecule has 3 rings (SSSR count). The molecular formula is C18H21N5O5. The van der Waals surface area contributed by atoms with Crippen LogP contribution < -0.4 is 10.9 Å². The Kier molecular flexibility index (Phi) is 5.39.